The second kappa shape index (κ2) is 8.21. The molecule has 0 spiro atoms. The Morgan fingerprint density at radius 2 is 1.65 bits per heavy atom. The van der Waals surface area contributed by atoms with Gasteiger partial charge >= 0.3 is 0 Å². The van der Waals surface area contributed by atoms with Crippen LogP contribution in [0, 0.1) is 0 Å². The number of benzene rings is 3. The molecule has 0 heterocycles. The van der Waals surface area contributed by atoms with Gasteiger partial charge in [-0.2, -0.15) is 0 Å². The van der Waals surface area contributed by atoms with Crippen molar-refractivity contribution in [3.63, 3.8) is 0 Å². The van der Waals surface area contributed by atoms with Crippen molar-refractivity contribution >= 4 is 28.9 Å². The van der Waals surface area contributed by atoms with Crippen molar-refractivity contribution in [2.75, 3.05) is 12.4 Å². The molecule has 0 atom stereocenters. The van der Waals surface area contributed by atoms with Gasteiger partial charge in [-0.1, -0.05) is 35.3 Å². The molecular weight excluding hydrogens is 373 g/mol. The lowest BCUT2D eigenvalue weighted by Crippen LogP contribution is -2.00. The predicted molar refractivity (Wildman–Crippen MR) is 105 cm³/mol. The van der Waals surface area contributed by atoms with Crippen molar-refractivity contribution in [3.05, 3.63) is 76.3 Å². The number of nitrogens with one attached hydrogen (secondary N) is 1. The number of phenols is 1. The first-order valence-electron chi connectivity index (χ1n) is 7.88. The largest absolute Gasteiger partial charge is 0.504 e. The molecule has 0 amide bonds. The van der Waals surface area contributed by atoms with Crippen LogP contribution in [0.4, 0.5) is 5.69 Å². The number of anilines is 1. The minimum absolute atomic E-state index is 0.0262. The number of halogens is 2. The maximum Gasteiger partial charge on any atom is 0.157 e. The van der Waals surface area contributed by atoms with E-state index in [1.165, 1.54) is 6.07 Å². The average molecular weight is 390 g/mol. The molecule has 0 aliphatic heterocycles. The smallest absolute Gasteiger partial charge is 0.157 e. The van der Waals surface area contributed by atoms with Crippen molar-refractivity contribution in [3.8, 4) is 23.0 Å². The van der Waals surface area contributed by atoms with Gasteiger partial charge in [0.05, 0.1) is 17.8 Å². The second-order valence-corrected chi connectivity index (χ2v) is 6.41. The Labute approximate surface area is 161 Å². The molecule has 0 unspecified atom stereocenters. The van der Waals surface area contributed by atoms with Crippen molar-refractivity contribution < 1.29 is 14.6 Å². The number of hydrogen-bond acceptors (Lipinski definition) is 4. The summed E-state index contributed by atoms with van der Waals surface area (Å²) in [7, 11) is 1.62. The summed E-state index contributed by atoms with van der Waals surface area (Å²) >= 11 is 11.9. The van der Waals surface area contributed by atoms with E-state index >= 15 is 0 Å². The van der Waals surface area contributed by atoms with Gasteiger partial charge in [-0.05, 0) is 54.1 Å². The molecule has 2 N–H and O–H groups in total. The molecule has 0 aliphatic carbocycles. The molecular formula is C20H17Cl2NO3. The molecule has 6 heteroatoms. The minimum Gasteiger partial charge on any atom is -0.504 e. The number of hydrogen-bond donors (Lipinski definition) is 2. The van der Waals surface area contributed by atoms with E-state index in [1.807, 2.05) is 48.5 Å². The van der Waals surface area contributed by atoms with Gasteiger partial charge in [-0.3, -0.25) is 0 Å². The van der Waals surface area contributed by atoms with Crippen molar-refractivity contribution in [1.29, 1.82) is 0 Å². The SMILES string of the molecule is COc1ccc(Oc2cccc(CNc3cc(Cl)cc(Cl)c3O)c2)cc1. The van der Waals surface area contributed by atoms with E-state index in [1.54, 1.807) is 13.2 Å². The zero-order valence-electron chi connectivity index (χ0n) is 14.0. The summed E-state index contributed by atoms with van der Waals surface area (Å²) in [6, 6.07) is 18.1. The van der Waals surface area contributed by atoms with Gasteiger partial charge in [0, 0.05) is 11.6 Å². The zero-order valence-corrected chi connectivity index (χ0v) is 15.5. The fraction of sp³-hybridized carbons (Fsp3) is 0.100. The maximum absolute atomic E-state index is 10.0. The Kier molecular flexibility index (Phi) is 5.76. The van der Waals surface area contributed by atoms with Crippen LogP contribution in [0.15, 0.2) is 60.7 Å². The van der Waals surface area contributed by atoms with Gasteiger partial charge in [0.25, 0.3) is 0 Å². The van der Waals surface area contributed by atoms with E-state index in [0.29, 0.717) is 23.0 Å². The van der Waals surface area contributed by atoms with Gasteiger partial charge in [0.2, 0.25) is 0 Å². The van der Waals surface area contributed by atoms with E-state index in [4.69, 9.17) is 32.7 Å². The molecule has 3 aromatic rings. The fourth-order valence-corrected chi connectivity index (χ4v) is 2.89. The van der Waals surface area contributed by atoms with Crippen LogP contribution in [-0.2, 0) is 6.54 Å². The van der Waals surface area contributed by atoms with Crippen LogP contribution in [-0.4, -0.2) is 12.2 Å². The molecule has 3 rings (SSSR count). The molecule has 26 heavy (non-hydrogen) atoms. The summed E-state index contributed by atoms with van der Waals surface area (Å²) in [4.78, 5) is 0. The van der Waals surface area contributed by atoms with E-state index < -0.39 is 0 Å². The lowest BCUT2D eigenvalue weighted by atomic mass is 10.2. The van der Waals surface area contributed by atoms with E-state index in [0.717, 1.165) is 17.1 Å². The first-order valence-corrected chi connectivity index (χ1v) is 8.63. The van der Waals surface area contributed by atoms with Crippen molar-refractivity contribution in [2.45, 2.75) is 6.54 Å². The quantitative estimate of drug-likeness (QED) is 0.499. The van der Waals surface area contributed by atoms with Crippen LogP contribution < -0.4 is 14.8 Å². The molecule has 0 radical (unpaired) electrons. The van der Waals surface area contributed by atoms with Crippen LogP contribution in [0.1, 0.15) is 5.56 Å². The third-order valence-electron chi connectivity index (χ3n) is 3.70. The highest BCUT2D eigenvalue weighted by Crippen LogP contribution is 2.35. The molecule has 0 aromatic heterocycles. The minimum atomic E-state index is -0.0262. The lowest BCUT2D eigenvalue weighted by Gasteiger charge is -2.12. The standard InChI is InChI=1S/C20H17Cl2NO3/c1-25-15-5-7-16(8-6-15)26-17-4-2-3-13(9-17)12-23-19-11-14(21)10-18(22)20(19)24/h2-11,23-24H,12H2,1H3. The Morgan fingerprint density at radius 3 is 2.38 bits per heavy atom. The molecule has 134 valence electrons. The highest BCUT2D eigenvalue weighted by Gasteiger charge is 2.08. The maximum atomic E-state index is 10.0. The third-order valence-corrected chi connectivity index (χ3v) is 4.21. The summed E-state index contributed by atoms with van der Waals surface area (Å²) in [5.41, 5.74) is 1.45. The summed E-state index contributed by atoms with van der Waals surface area (Å²) in [6.45, 7) is 0.476. The molecule has 0 fully saturated rings. The third kappa shape index (κ3) is 4.54. The summed E-state index contributed by atoms with van der Waals surface area (Å²) in [5, 5.41) is 13.8. The molecule has 0 saturated carbocycles. The van der Waals surface area contributed by atoms with E-state index in [9.17, 15) is 5.11 Å². The van der Waals surface area contributed by atoms with Crippen LogP contribution in [0.25, 0.3) is 0 Å². The van der Waals surface area contributed by atoms with Gasteiger partial charge in [-0.15, -0.1) is 0 Å². The first kappa shape index (κ1) is 18.2. The second-order valence-electron chi connectivity index (χ2n) is 5.56. The van der Waals surface area contributed by atoms with Crippen LogP contribution in [0.3, 0.4) is 0 Å². The van der Waals surface area contributed by atoms with Crippen molar-refractivity contribution in [2.24, 2.45) is 0 Å². The van der Waals surface area contributed by atoms with Crippen LogP contribution in [0.5, 0.6) is 23.0 Å². The van der Waals surface area contributed by atoms with Gasteiger partial charge in [0.15, 0.2) is 5.75 Å². The highest BCUT2D eigenvalue weighted by atomic mass is 35.5. The highest BCUT2D eigenvalue weighted by molar-refractivity contribution is 6.36. The Balaban J connectivity index is 1.69. The van der Waals surface area contributed by atoms with Gasteiger partial charge < -0.3 is 19.9 Å². The predicted octanol–water partition coefficient (Wildman–Crippen LogP) is 6.11. The Morgan fingerprint density at radius 1 is 0.923 bits per heavy atom. The Hall–Kier alpha value is -2.56. The van der Waals surface area contributed by atoms with Crippen LogP contribution >= 0.6 is 23.2 Å². The fourth-order valence-electron chi connectivity index (χ4n) is 2.40. The van der Waals surface area contributed by atoms with Gasteiger partial charge in [-0.25, -0.2) is 0 Å². The average Bonchev–Trinajstić information content (AvgIpc) is 2.64. The Bertz CT molecular complexity index is 898. The molecule has 4 nitrogen and oxygen atoms in total. The lowest BCUT2D eigenvalue weighted by molar-refractivity contribution is 0.413. The number of aromatic hydroxyl groups is 1. The number of phenolic OH excluding ortho intramolecular Hbond substituents is 1. The molecule has 0 bridgehead atoms. The van der Waals surface area contributed by atoms with Gasteiger partial charge in [0.1, 0.15) is 17.2 Å². The zero-order chi connectivity index (χ0) is 18.5. The first-order chi connectivity index (χ1) is 12.5. The summed E-state index contributed by atoms with van der Waals surface area (Å²) < 4.78 is 11.0. The summed E-state index contributed by atoms with van der Waals surface area (Å²) in [5.74, 6) is 2.18. The molecule has 3 aromatic carbocycles. The number of rotatable bonds is 6. The molecule has 0 aliphatic rings. The normalized spacial score (nSPS) is 10.4. The number of ether oxygens (including phenoxy) is 2. The topological polar surface area (TPSA) is 50.7 Å². The van der Waals surface area contributed by atoms with E-state index in [-0.39, 0.29) is 10.8 Å². The monoisotopic (exact) mass is 389 g/mol. The van der Waals surface area contributed by atoms with Crippen LogP contribution in [0.2, 0.25) is 10.0 Å². The molecule has 0 saturated heterocycles. The number of methoxy groups -OCH3 is 1. The van der Waals surface area contributed by atoms with Crippen molar-refractivity contribution in [1.82, 2.24) is 0 Å². The summed E-state index contributed by atoms with van der Waals surface area (Å²) in [6.07, 6.45) is 0. The van der Waals surface area contributed by atoms with E-state index in [2.05, 4.69) is 5.32 Å².